The number of esters is 2. The van der Waals surface area contributed by atoms with Crippen LogP contribution in [0.1, 0.15) is 46.0 Å². The van der Waals surface area contributed by atoms with Crippen molar-refractivity contribution >= 4 is 40.6 Å². The molecule has 2 heterocycles. The minimum atomic E-state index is -0.579. The molecule has 6 atom stereocenters. The van der Waals surface area contributed by atoms with Crippen molar-refractivity contribution in [2.24, 2.45) is 17.8 Å². The third-order valence-electron chi connectivity index (χ3n) is 6.95. The van der Waals surface area contributed by atoms with Gasteiger partial charge in [0.1, 0.15) is 12.1 Å². The molecule has 176 valence electrons. The van der Waals surface area contributed by atoms with E-state index in [2.05, 4.69) is 27.5 Å². The molecule has 4 unspecified atom stereocenters. The van der Waals surface area contributed by atoms with E-state index in [1.807, 2.05) is 6.92 Å². The van der Waals surface area contributed by atoms with E-state index in [-0.39, 0.29) is 18.0 Å². The molecule has 0 radical (unpaired) electrons. The van der Waals surface area contributed by atoms with E-state index in [1.165, 1.54) is 7.11 Å². The molecule has 0 bridgehead atoms. The molecule has 1 aliphatic carbocycles. The maximum Gasteiger partial charge on any atom is 0.410 e. The van der Waals surface area contributed by atoms with Crippen LogP contribution in [0, 0.1) is 17.8 Å². The molecule has 1 amide bonds. The van der Waals surface area contributed by atoms with Crippen molar-refractivity contribution in [2.75, 3.05) is 40.0 Å². The highest BCUT2D eigenvalue weighted by atomic mass is 127. The molecule has 0 spiro atoms. The third-order valence-corrected chi connectivity index (χ3v) is 7.86. The van der Waals surface area contributed by atoms with Crippen molar-refractivity contribution in [1.29, 1.82) is 0 Å². The fraction of sp³-hybridized carbons (Fsp3) is 0.864. The molecule has 0 N–H and O–H groups in total. The number of carbonyl (C=O) groups excluding carboxylic acids is 3. The van der Waals surface area contributed by atoms with E-state index in [1.54, 1.807) is 11.8 Å². The molecule has 3 aliphatic rings. The number of likely N-dealkylation sites (tertiary alicyclic amines) is 2. The second kappa shape index (κ2) is 11.2. The van der Waals surface area contributed by atoms with Gasteiger partial charge in [-0.1, -0.05) is 22.6 Å². The molecule has 2 saturated heterocycles. The summed E-state index contributed by atoms with van der Waals surface area (Å²) >= 11 is 2.43. The highest BCUT2D eigenvalue weighted by Gasteiger charge is 2.46. The molecule has 1 saturated carbocycles. The lowest BCUT2D eigenvalue weighted by molar-refractivity contribution is -0.153. The average molecular weight is 550 g/mol. The summed E-state index contributed by atoms with van der Waals surface area (Å²) in [5.74, 6) is 0.769. The van der Waals surface area contributed by atoms with Crippen LogP contribution in [0.2, 0.25) is 0 Å². The topological polar surface area (TPSA) is 85.4 Å². The minimum absolute atomic E-state index is 0.107. The molecule has 9 heteroatoms. The summed E-state index contributed by atoms with van der Waals surface area (Å²) in [5.41, 5.74) is 0. The number of amides is 1. The van der Waals surface area contributed by atoms with Gasteiger partial charge in [-0.3, -0.25) is 14.6 Å². The Hall–Kier alpha value is -1.10. The second-order valence-corrected chi connectivity index (χ2v) is 10.6. The van der Waals surface area contributed by atoms with Crippen LogP contribution in [-0.2, 0) is 23.8 Å². The molecule has 8 nitrogen and oxygen atoms in total. The predicted molar refractivity (Wildman–Crippen MR) is 123 cm³/mol. The largest absolute Gasteiger partial charge is 0.465 e. The molecule has 31 heavy (non-hydrogen) atoms. The van der Waals surface area contributed by atoms with Gasteiger partial charge in [0.05, 0.1) is 20.3 Å². The maximum atomic E-state index is 12.5. The summed E-state index contributed by atoms with van der Waals surface area (Å²) < 4.78 is 15.9. The first-order valence-corrected chi connectivity index (χ1v) is 12.7. The Balaban J connectivity index is 1.64. The lowest BCUT2D eigenvalue weighted by atomic mass is 9.69. The Kier molecular flexibility index (Phi) is 8.83. The van der Waals surface area contributed by atoms with Crippen molar-refractivity contribution in [3.05, 3.63) is 0 Å². The Morgan fingerprint density at radius 2 is 1.58 bits per heavy atom. The number of carbonyl (C=O) groups is 3. The van der Waals surface area contributed by atoms with Crippen LogP contribution in [-0.4, -0.2) is 83.8 Å². The molecule has 0 aromatic rings. The molecular formula is C22H35IN2O6. The maximum absolute atomic E-state index is 12.5. The molecule has 0 aromatic heterocycles. The van der Waals surface area contributed by atoms with Crippen LogP contribution in [0.15, 0.2) is 0 Å². The monoisotopic (exact) mass is 550 g/mol. The SMILES string of the molecule is CCOC(=O)C1CC2CC(CN3C[C@@H](I)C[C@H]3C(=O)OCC)CCC2CN1C(=O)OC. The zero-order valence-corrected chi connectivity index (χ0v) is 20.9. The van der Waals surface area contributed by atoms with Crippen molar-refractivity contribution < 1.29 is 28.6 Å². The molecular weight excluding hydrogens is 515 g/mol. The van der Waals surface area contributed by atoms with Crippen LogP contribution in [0.5, 0.6) is 0 Å². The van der Waals surface area contributed by atoms with Gasteiger partial charge >= 0.3 is 18.0 Å². The number of methoxy groups -OCH3 is 1. The van der Waals surface area contributed by atoms with Crippen LogP contribution in [0.3, 0.4) is 0 Å². The standard InChI is InChI=1S/C22H35IN2O6/c1-4-30-20(26)18-10-17(23)13-24(18)11-14-6-7-15-12-25(22(28)29-3)19(9-16(15)8-14)21(27)31-5-2/h14-19H,4-13H2,1-3H3/t14?,15?,16?,17-,18-,19?/m0/s1. The van der Waals surface area contributed by atoms with Crippen LogP contribution in [0.4, 0.5) is 4.79 Å². The van der Waals surface area contributed by atoms with Crippen LogP contribution < -0.4 is 0 Å². The van der Waals surface area contributed by atoms with Gasteiger partial charge in [0.2, 0.25) is 0 Å². The van der Waals surface area contributed by atoms with Gasteiger partial charge in [-0.25, -0.2) is 9.59 Å². The highest BCUT2D eigenvalue weighted by Crippen LogP contribution is 2.42. The number of hydrogen-bond acceptors (Lipinski definition) is 7. The number of hydrogen-bond donors (Lipinski definition) is 0. The number of ether oxygens (including phenoxy) is 3. The first-order chi connectivity index (χ1) is 14.9. The van der Waals surface area contributed by atoms with Gasteiger partial charge in [0, 0.05) is 23.6 Å². The number of nitrogens with zero attached hydrogens (tertiary/aromatic N) is 2. The van der Waals surface area contributed by atoms with E-state index >= 15 is 0 Å². The summed E-state index contributed by atoms with van der Waals surface area (Å²) in [6.07, 6.45) is 4.10. The van der Waals surface area contributed by atoms with Gasteiger partial charge in [0.25, 0.3) is 0 Å². The predicted octanol–water partition coefficient (Wildman–Crippen LogP) is 2.86. The van der Waals surface area contributed by atoms with Gasteiger partial charge in [-0.2, -0.15) is 0 Å². The van der Waals surface area contributed by atoms with Crippen LogP contribution in [0.25, 0.3) is 0 Å². The average Bonchev–Trinajstić information content (AvgIpc) is 3.12. The summed E-state index contributed by atoms with van der Waals surface area (Å²) in [6, 6.07) is -0.724. The fourth-order valence-electron chi connectivity index (χ4n) is 5.56. The lowest BCUT2D eigenvalue weighted by Gasteiger charge is -2.46. The highest BCUT2D eigenvalue weighted by molar-refractivity contribution is 14.1. The van der Waals surface area contributed by atoms with Gasteiger partial charge in [-0.05, 0) is 63.7 Å². The number of halogens is 1. The molecule has 2 aliphatic heterocycles. The number of rotatable bonds is 6. The lowest BCUT2D eigenvalue weighted by Crippen LogP contribution is -2.55. The van der Waals surface area contributed by atoms with Crippen molar-refractivity contribution in [2.45, 2.75) is 62.0 Å². The number of piperidine rings is 1. The Bertz CT molecular complexity index is 662. The second-order valence-electron chi connectivity index (χ2n) is 8.88. The fourth-order valence-corrected chi connectivity index (χ4v) is 6.55. The number of fused-ring (bicyclic) bond motifs is 1. The summed E-state index contributed by atoms with van der Waals surface area (Å²) in [6.45, 7) is 6.67. The van der Waals surface area contributed by atoms with Crippen LogP contribution >= 0.6 is 22.6 Å². The van der Waals surface area contributed by atoms with E-state index in [0.717, 1.165) is 38.8 Å². The van der Waals surface area contributed by atoms with Crippen molar-refractivity contribution in [3.8, 4) is 0 Å². The molecule has 3 fully saturated rings. The zero-order chi connectivity index (χ0) is 22.5. The normalized spacial score (nSPS) is 33.5. The molecule has 0 aromatic carbocycles. The van der Waals surface area contributed by atoms with Gasteiger partial charge in [0.15, 0.2) is 0 Å². The Labute approximate surface area is 198 Å². The van der Waals surface area contributed by atoms with Crippen molar-refractivity contribution in [3.63, 3.8) is 0 Å². The number of alkyl halides is 1. The van der Waals surface area contributed by atoms with Crippen molar-refractivity contribution in [1.82, 2.24) is 9.80 Å². The molecule has 3 rings (SSSR count). The van der Waals surface area contributed by atoms with E-state index in [9.17, 15) is 14.4 Å². The van der Waals surface area contributed by atoms with Gasteiger partial charge < -0.3 is 14.2 Å². The summed E-state index contributed by atoms with van der Waals surface area (Å²) in [7, 11) is 1.35. The summed E-state index contributed by atoms with van der Waals surface area (Å²) in [5, 5.41) is 0. The van der Waals surface area contributed by atoms with Gasteiger partial charge in [-0.15, -0.1) is 0 Å². The zero-order valence-electron chi connectivity index (χ0n) is 18.8. The minimum Gasteiger partial charge on any atom is -0.465 e. The van der Waals surface area contributed by atoms with E-state index in [4.69, 9.17) is 14.2 Å². The van der Waals surface area contributed by atoms with E-state index < -0.39 is 12.1 Å². The van der Waals surface area contributed by atoms with E-state index in [0.29, 0.717) is 47.9 Å². The first kappa shape index (κ1) is 24.5. The summed E-state index contributed by atoms with van der Waals surface area (Å²) in [4.78, 5) is 41.1. The smallest absolute Gasteiger partial charge is 0.410 e. The third kappa shape index (κ3) is 5.83. The quantitative estimate of drug-likeness (QED) is 0.218. The Morgan fingerprint density at radius 1 is 0.903 bits per heavy atom. The first-order valence-electron chi connectivity index (χ1n) is 11.4. The Morgan fingerprint density at radius 3 is 2.23 bits per heavy atom.